The Hall–Kier alpha value is -2.79. The Morgan fingerprint density at radius 1 is 1.00 bits per heavy atom. The molecule has 2 heterocycles. The average Bonchev–Trinajstić information content (AvgIpc) is 3.28. The molecule has 0 spiro atoms. The summed E-state index contributed by atoms with van der Waals surface area (Å²) in [4.78, 5) is 19.9. The number of nitrogens with zero attached hydrogens (tertiary/aromatic N) is 2. The second kappa shape index (κ2) is 6.37. The van der Waals surface area contributed by atoms with Gasteiger partial charge in [0.2, 0.25) is 0 Å². The number of aromatic nitrogens is 3. The molecule has 4 aromatic rings. The van der Waals surface area contributed by atoms with Gasteiger partial charge >= 0.3 is 0 Å². The van der Waals surface area contributed by atoms with E-state index < -0.39 is 0 Å². The molecular weight excluding hydrogens is 318 g/mol. The molecule has 4 nitrogen and oxygen atoms in total. The summed E-state index contributed by atoms with van der Waals surface area (Å²) in [5.74, 6) is 0.410. The minimum Gasteiger partial charge on any atom is -0.359 e. The molecule has 0 saturated heterocycles. The second-order valence-electron chi connectivity index (χ2n) is 5.35. The summed E-state index contributed by atoms with van der Waals surface area (Å²) in [5.41, 5.74) is 3.64. The van der Waals surface area contributed by atoms with Crippen molar-refractivity contribution in [3.63, 3.8) is 0 Å². The monoisotopic (exact) mass is 333 g/mol. The number of nitrogens with one attached hydrogen (secondary N) is 1. The zero-order valence-electron chi connectivity index (χ0n) is 12.8. The van der Waals surface area contributed by atoms with Gasteiger partial charge in [-0.2, -0.15) is 0 Å². The van der Waals surface area contributed by atoms with Crippen molar-refractivity contribution >= 4 is 28.6 Å². The zero-order valence-corrected chi connectivity index (χ0v) is 13.7. The lowest BCUT2D eigenvalue weighted by molar-refractivity contribution is 0.101. The second-order valence-corrected chi connectivity index (χ2v) is 6.29. The topological polar surface area (TPSA) is 50.7 Å². The highest BCUT2D eigenvalue weighted by Gasteiger charge is 2.15. The first-order chi connectivity index (χ1) is 11.8. The molecule has 0 amide bonds. The number of carbonyl (C=O) groups is 1. The van der Waals surface area contributed by atoms with Gasteiger partial charge in [-0.15, -0.1) is 0 Å². The molecule has 0 aliphatic heterocycles. The highest BCUT2D eigenvalue weighted by atomic mass is 32.2. The molecular formula is C19H15N3OS. The SMILES string of the molecule is O=C(CSc1nc2ccccc2n1-c1ccccc1)c1ccc[nH]1. The largest absolute Gasteiger partial charge is 0.359 e. The zero-order chi connectivity index (χ0) is 16.4. The van der Waals surface area contributed by atoms with Crippen LogP contribution in [0.1, 0.15) is 10.5 Å². The summed E-state index contributed by atoms with van der Waals surface area (Å²) in [6.07, 6.45) is 1.76. The molecule has 5 heteroatoms. The van der Waals surface area contributed by atoms with Gasteiger partial charge in [0.05, 0.1) is 22.5 Å². The highest BCUT2D eigenvalue weighted by Crippen LogP contribution is 2.28. The van der Waals surface area contributed by atoms with Crippen LogP contribution in [0.3, 0.4) is 0 Å². The van der Waals surface area contributed by atoms with Crippen molar-refractivity contribution < 1.29 is 4.79 Å². The van der Waals surface area contributed by atoms with Gasteiger partial charge in [-0.05, 0) is 36.4 Å². The van der Waals surface area contributed by atoms with Crippen LogP contribution in [-0.2, 0) is 0 Å². The van der Waals surface area contributed by atoms with Gasteiger partial charge in [-0.1, -0.05) is 42.1 Å². The number of imidazole rings is 1. The lowest BCUT2D eigenvalue weighted by atomic mass is 10.3. The van der Waals surface area contributed by atoms with Crippen molar-refractivity contribution in [1.29, 1.82) is 0 Å². The van der Waals surface area contributed by atoms with Gasteiger partial charge in [-0.3, -0.25) is 9.36 Å². The molecule has 0 bridgehead atoms. The molecule has 0 fully saturated rings. The van der Waals surface area contributed by atoms with Gasteiger partial charge in [0.15, 0.2) is 10.9 Å². The number of rotatable bonds is 5. The molecule has 1 N–H and O–H groups in total. The Labute approximate surface area is 143 Å². The van der Waals surface area contributed by atoms with E-state index in [0.717, 1.165) is 21.9 Å². The lowest BCUT2D eigenvalue weighted by Crippen LogP contribution is -2.04. The van der Waals surface area contributed by atoms with Crippen molar-refractivity contribution in [1.82, 2.24) is 14.5 Å². The summed E-state index contributed by atoms with van der Waals surface area (Å²) in [6.45, 7) is 0. The third-order valence-electron chi connectivity index (χ3n) is 3.78. The Morgan fingerprint density at radius 2 is 1.79 bits per heavy atom. The number of carbonyl (C=O) groups excluding carboxylic acids is 1. The van der Waals surface area contributed by atoms with Crippen LogP contribution in [0.25, 0.3) is 16.7 Å². The van der Waals surface area contributed by atoms with E-state index in [2.05, 4.69) is 9.55 Å². The lowest BCUT2D eigenvalue weighted by Gasteiger charge is -2.08. The summed E-state index contributed by atoms with van der Waals surface area (Å²) in [6, 6.07) is 21.7. The van der Waals surface area contributed by atoms with E-state index in [9.17, 15) is 4.79 Å². The van der Waals surface area contributed by atoms with E-state index in [1.807, 2.05) is 60.7 Å². The summed E-state index contributed by atoms with van der Waals surface area (Å²) in [5, 5.41) is 0.822. The van der Waals surface area contributed by atoms with Crippen molar-refractivity contribution in [2.24, 2.45) is 0 Å². The van der Waals surface area contributed by atoms with Crippen molar-refractivity contribution in [2.75, 3.05) is 5.75 Å². The van der Waals surface area contributed by atoms with E-state index in [1.165, 1.54) is 11.8 Å². The summed E-state index contributed by atoms with van der Waals surface area (Å²) in [7, 11) is 0. The van der Waals surface area contributed by atoms with E-state index in [0.29, 0.717) is 11.4 Å². The fourth-order valence-electron chi connectivity index (χ4n) is 2.64. The first kappa shape index (κ1) is 14.8. The molecule has 0 aliphatic carbocycles. The number of ketones is 1. The van der Waals surface area contributed by atoms with Gasteiger partial charge < -0.3 is 4.98 Å². The van der Waals surface area contributed by atoms with Crippen LogP contribution in [0.15, 0.2) is 78.1 Å². The number of hydrogen-bond acceptors (Lipinski definition) is 3. The van der Waals surface area contributed by atoms with Crippen LogP contribution in [0, 0.1) is 0 Å². The molecule has 0 radical (unpaired) electrons. The van der Waals surface area contributed by atoms with Crippen LogP contribution in [0.4, 0.5) is 0 Å². The number of para-hydroxylation sites is 3. The van der Waals surface area contributed by atoms with Crippen molar-refractivity contribution in [3.05, 3.63) is 78.6 Å². The Morgan fingerprint density at radius 3 is 2.58 bits per heavy atom. The maximum absolute atomic E-state index is 12.3. The third kappa shape index (κ3) is 2.74. The Kier molecular flexibility index (Phi) is 3.92. The van der Waals surface area contributed by atoms with Gasteiger partial charge in [0.1, 0.15) is 0 Å². The molecule has 4 rings (SSSR count). The molecule has 2 aromatic heterocycles. The number of Topliss-reactive ketones (excluding diaryl/α,β-unsaturated/α-hetero) is 1. The molecule has 0 saturated carbocycles. The van der Waals surface area contributed by atoms with Crippen LogP contribution in [-0.4, -0.2) is 26.1 Å². The Bertz CT molecular complexity index is 974. The maximum atomic E-state index is 12.3. The first-order valence-corrected chi connectivity index (χ1v) is 8.64. The maximum Gasteiger partial charge on any atom is 0.189 e. The minimum absolute atomic E-state index is 0.0664. The van der Waals surface area contributed by atoms with Crippen LogP contribution in [0.2, 0.25) is 0 Å². The molecule has 24 heavy (non-hydrogen) atoms. The van der Waals surface area contributed by atoms with E-state index in [-0.39, 0.29) is 5.78 Å². The Balaban J connectivity index is 1.71. The van der Waals surface area contributed by atoms with Gasteiger partial charge in [-0.25, -0.2) is 4.98 Å². The predicted octanol–water partition coefficient (Wildman–Crippen LogP) is 4.33. The molecule has 0 aliphatic rings. The average molecular weight is 333 g/mol. The molecule has 118 valence electrons. The van der Waals surface area contributed by atoms with Crippen LogP contribution in [0.5, 0.6) is 0 Å². The number of fused-ring (bicyclic) bond motifs is 1. The van der Waals surface area contributed by atoms with Gasteiger partial charge in [0.25, 0.3) is 0 Å². The minimum atomic E-state index is 0.0664. The first-order valence-electron chi connectivity index (χ1n) is 7.65. The van der Waals surface area contributed by atoms with Crippen molar-refractivity contribution in [3.8, 4) is 5.69 Å². The normalized spacial score (nSPS) is 11.0. The fraction of sp³-hybridized carbons (Fsp3) is 0.0526. The summed E-state index contributed by atoms with van der Waals surface area (Å²) >= 11 is 1.46. The number of hydrogen-bond donors (Lipinski definition) is 1. The molecule has 0 unspecified atom stereocenters. The number of aromatic amines is 1. The van der Waals surface area contributed by atoms with E-state index in [1.54, 1.807) is 12.3 Å². The van der Waals surface area contributed by atoms with Crippen LogP contribution < -0.4 is 0 Å². The molecule has 0 atom stereocenters. The molecule has 2 aromatic carbocycles. The van der Waals surface area contributed by atoms with Crippen LogP contribution >= 0.6 is 11.8 Å². The fourth-order valence-corrected chi connectivity index (χ4v) is 3.55. The smallest absolute Gasteiger partial charge is 0.189 e. The number of benzene rings is 2. The highest BCUT2D eigenvalue weighted by molar-refractivity contribution is 7.99. The van der Waals surface area contributed by atoms with Gasteiger partial charge in [0, 0.05) is 11.9 Å². The van der Waals surface area contributed by atoms with E-state index in [4.69, 9.17) is 4.98 Å². The number of H-pyrrole nitrogens is 1. The summed E-state index contributed by atoms with van der Waals surface area (Å²) < 4.78 is 2.10. The number of thioether (sulfide) groups is 1. The third-order valence-corrected chi connectivity index (χ3v) is 4.71. The predicted molar refractivity (Wildman–Crippen MR) is 96.9 cm³/mol. The van der Waals surface area contributed by atoms with E-state index >= 15 is 0 Å². The standard InChI is InChI=1S/C19H15N3OS/c23-18(16-10-6-12-20-16)13-24-19-21-15-9-4-5-11-17(15)22(19)14-7-2-1-3-8-14/h1-12,20H,13H2. The van der Waals surface area contributed by atoms with Crippen molar-refractivity contribution in [2.45, 2.75) is 5.16 Å². The quantitative estimate of drug-likeness (QED) is 0.437.